The van der Waals surface area contributed by atoms with Gasteiger partial charge in [-0.15, -0.1) is 0 Å². The molecule has 1 atom stereocenters. The van der Waals surface area contributed by atoms with Crippen molar-refractivity contribution in [3.8, 4) is 0 Å². The molecule has 0 bridgehead atoms. The number of aromatic nitrogens is 3. The number of carbonyl (C=O) groups is 1. The molecule has 8 heteroatoms. The van der Waals surface area contributed by atoms with E-state index in [1.807, 2.05) is 21.6 Å². The van der Waals surface area contributed by atoms with Crippen LogP contribution in [0.2, 0.25) is 0 Å². The lowest BCUT2D eigenvalue weighted by Crippen LogP contribution is -2.30. The zero-order chi connectivity index (χ0) is 21.6. The van der Waals surface area contributed by atoms with Gasteiger partial charge in [-0.05, 0) is 42.4 Å². The quantitative estimate of drug-likeness (QED) is 0.833. The van der Waals surface area contributed by atoms with Crippen molar-refractivity contribution in [2.75, 3.05) is 6.73 Å². The number of carbonyl (C=O) groups excluding carboxylic acids is 1. The molecule has 4 rings (SSSR count). The van der Waals surface area contributed by atoms with Gasteiger partial charge in [0.15, 0.2) is 12.4 Å². The average Bonchev–Trinajstić information content (AvgIpc) is 3.28. The van der Waals surface area contributed by atoms with Crippen LogP contribution in [0.1, 0.15) is 45.7 Å². The molecule has 1 unspecified atom stereocenters. The van der Waals surface area contributed by atoms with Crippen LogP contribution in [-0.4, -0.2) is 37.7 Å². The third kappa shape index (κ3) is 3.74. The van der Waals surface area contributed by atoms with Crippen LogP contribution in [0.3, 0.4) is 0 Å². The maximum Gasteiger partial charge on any atom is 0.330 e. The van der Waals surface area contributed by atoms with E-state index in [-0.39, 0.29) is 22.9 Å². The number of hydrogen-bond donors (Lipinski definition) is 1. The number of nitrogens with zero attached hydrogens (tertiary/aromatic N) is 4. The Morgan fingerprint density at radius 2 is 2.10 bits per heavy atom. The number of nitrogens with two attached hydrogens (primary N) is 1. The Morgan fingerprint density at radius 3 is 2.70 bits per heavy atom. The van der Waals surface area contributed by atoms with Gasteiger partial charge < -0.3 is 15.4 Å². The monoisotopic (exact) mass is 411 g/mol. The molecular weight excluding hydrogens is 382 g/mol. The van der Waals surface area contributed by atoms with Crippen LogP contribution in [0.5, 0.6) is 0 Å². The molecule has 1 aliphatic carbocycles. The Morgan fingerprint density at radius 1 is 1.33 bits per heavy atom. The molecule has 0 spiro atoms. The molecule has 0 radical (unpaired) electrons. The predicted octanol–water partition coefficient (Wildman–Crippen LogP) is 2.33. The third-order valence-corrected chi connectivity index (χ3v) is 5.69. The minimum atomic E-state index is -0.536. The van der Waals surface area contributed by atoms with E-state index in [0.717, 1.165) is 30.5 Å². The van der Waals surface area contributed by atoms with Gasteiger partial charge in [-0.1, -0.05) is 26.8 Å². The number of fused-ring (bicyclic) bond motifs is 1. The number of imidazole rings is 1. The van der Waals surface area contributed by atoms with E-state index in [1.54, 1.807) is 17.8 Å². The summed E-state index contributed by atoms with van der Waals surface area (Å²) in [7, 11) is 1.78. The maximum absolute atomic E-state index is 12.7. The summed E-state index contributed by atoms with van der Waals surface area (Å²) in [6.07, 6.45) is 6.55. The zero-order valence-corrected chi connectivity index (χ0v) is 18.0. The van der Waals surface area contributed by atoms with E-state index < -0.39 is 5.91 Å². The van der Waals surface area contributed by atoms with E-state index in [2.05, 4.69) is 26.8 Å². The topological polar surface area (TPSA) is 95.4 Å². The Kier molecular flexibility index (Phi) is 4.95. The highest BCUT2D eigenvalue weighted by atomic mass is 16.5. The molecule has 30 heavy (non-hydrogen) atoms. The first-order valence-electron chi connectivity index (χ1n) is 10.3. The molecule has 2 aliphatic rings. The van der Waals surface area contributed by atoms with Crippen molar-refractivity contribution in [1.29, 1.82) is 0 Å². The molecular formula is C22H29N5O3. The Bertz CT molecular complexity index is 1120. The number of hydrogen-bond acceptors (Lipinski definition) is 5. The highest BCUT2D eigenvalue weighted by Crippen LogP contribution is 2.31. The molecule has 8 nitrogen and oxygen atoms in total. The van der Waals surface area contributed by atoms with E-state index in [1.165, 1.54) is 5.57 Å². The smallest absolute Gasteiger partial charge is 0.330 e. The Labute approximate surface area is 175 Å². The number of ether oxygens (including phenoxy) is 1. The minimum Gasteiger partial charge on any atom is -0.466 e. The van der Waals surface area contributed by atoms with E-state index >= 15 is 0 Å². The molecule has 0 aromatic carbocycles. The summed E-state index contributed by atoms with van der Waals surface area (Å²) in [5, 5.41) is 0. The van der Waals surface area contributed by atoms with Gasteiger partial charge >= 0.3 is 5.69 Å². The van der Waals surface area contributed by atoms with Crippen LogP contribution in [0.25, 0.3) is 16.7 Å². The van der Waals surface area contributed by atoms with Crippen molar-refractivity contribution < 1.29 is 9.53 Å². The van der Waals surface area contributed by atoms with Crippen LogP contribution in [0.4, 0.5) is 0 Å². The highest BCUT2D eigenvalue weighted by Gasteiger charge is 2.27. The molecule has 1 aliphatic heterocycles. The lowest BCUT2D eigenvalue weighted by Gasteiger charge is -2.29. The minimum absolute atomic E-state index is 0.000195. The Balaban J connectivity index is 1.57. The number of primary amides is 1. The lowest BCUT2D eigenvalue weighted by atomic mass is 9.92. The molecule has 0 saturated carbocycles. The van der Waals surface area contributed by atoms with Gasteiger partial charge in [0.1, 0.15) is 0 Å². The van der Waals surface area contributed by atoms with Crippen molar-refractivity contribution in [1.82, 2.24) is 19.0 Å². The molecule has 0 fully saturated rings. The number of aryl methyl sites for hydroxylation is 1. The zero-order valence-electron chi connectivity index (χ0n) is 18.0. The van der Waals surface area contributed by atoms with Gasteiger partial charge in [0.25, 0.3) is 5.91 Å². The fraction of sp³-hybridized carbons (Fsp3) is 0.500. The van der Waals surface area contributed by atoms with Crippen LogP contribution in [0, 0.1) is 5.41 Å². The Hall–Kier alpha value is -3.03. The lowest BCUT2D eigenvalue weighted by molar-refractivity contribution is -0.117. The fourth-order valence-corrected chi connectivity index (χ4v) is 4.15. The fourth-order valence-electron chi connectivity index (χ4n) is 4.15. The molecule has 2 aromatic heterocycles. The number of amides is 1. The largest absolute Gasteiger partial charge is 0.466 e. The third-order valence-electron chi connectivity index (χ3n) is 5.69. The van der Waals surface area contributed by atoms with Crippen molar-refractivity contribution in [2.24, 2.45) is 18.2 Å². The molecule has 2 aromatic rings. The van der Waals surface area contributed by atoms with Crippen LogP contribution in [0.15, 0.2) is 35.0 Å². The second kappa shape index (κ2) is 7.34. The van der Waals surface area contributed by atoms with Crippen LogP contribution >= 0.6 is 0 Å². The van der Waals surface area contributed by atoms with Gasteiger partial charge in [-0.3, -0.25) is 13.9 Å². The van der Waals surface area contributed by atoms with Crippen LogP contribution in [-0.2, 0) is 23.1 Å². The van der Waals surface area contributed by atoms with Crippen molar-refractivity contribution in [3.63, 3.8) is 0 Å². The summed E-state index contributed by atoms with van der Waals surface area (Å²) < 4.78 is 8.79. The van der Waals surface area contributed by atoms with E-state index in [0.29, 0.717) is 18.9 Å². The summed E-state index contributed by atoms with van der Waals surface area (Å²) in [5.74, 6) is -0.316. The highest BCUT2D eigenvalue weighted by molar-refractivity contribution is 5.90. The molecule has 3 heterocycles. The van der Waals surface area contributed by atoms with Crippen molar-refractivity contribution >= 4 is 22.6 Å². The van der Waals surface area contributed by atoms with Crippen LogP contribution < -0.4 is 11.4 Å². The summed E-state index contributed by atoms with van der Waals surface area (Å²) in [5.41, 5.74) is 8.93. The summed E-state index contributed by atoms with van der Waals surface area (Å²) in [6, 6.07) is 4.29. The molecule has 1 amide bonds. The normalized spacial score (nSPS) is 19.6. The standard InChI is InChI=1S/C22H29N5O3/c1-22(2,3)12-27-17-10-9-16(24-20(17)25(4)21(27)29)14-5-7-15(8-6-14)26-11-18(19(23)28)30-13-26/h5,9-11,15H,6-8,12-13H2,1-4H3,(H2,23,28). The SMILES string of the molecule is Cn1c(=O)n(CC(C)(C)C)c2ccc(C3=CCC(N4C=C(C(N)=O)OC4)CC3)nc21. The first-order valence-corrected chi connectivity index (χ1v) is 10.3. The first-order chi connectivity index (χ1) is 14.1. The number of pyridine rings is 1. The van der Waals surface area contributed by atoms with Gasteiger partial charge in [0.05, 0.1) is 17.4 Å². The summed E-state index contributed by atoms with van der Waals surface area (Å²) in [6.45, 7) is 7.37. The molecule has 160 valence electrons. The maximum atomic E-state index is 12.7. The van der Waals surface area contributed by atoms with E-state index in [9.17, 15) is 9.59 Å². The second-order valence-electron chi connectivity index (χ2n) is 9.33. The average molecular weight is 412 g/mol. The van der Waals surface area contributed by atoms with Crippen molar-refractivity contribution in [2.45, 2.75) is 52.6 Å². The predicted molar refractivity (Wildman–Crippen MR) is 115 cm³/mol. The molecule has 2 N–H and O–H groups in total. The van der Waals surface area contributed by atoms with Gasteiger partial charge in [0, 0.05) is 19.6 Å². The van der Waals surface area contributed by atoms with Gasteiger partial charge in [-0.25, -0.2) is 9.78 Å². The van der Waals surface area contributed by atoms with Gasteiger partial charge in [-0.2, -0.15) is 0 Å². The number of allylic oxidation sites excluding steroid dienone is 1. The second-order valence-corrected chi connectivity index (χ2v) is 9.33. The number of rotatable bonds is 4. The van der Waals surface area contributed by atoms with Crippen molar-refractivity contribution in [3.05, 3.63) is 46.3 Å². The van der Waals surface area contributed by atoms with Gasteiger partial charge in [0.2, 0.25) is 5.76 Å². The summed E-state index contributed by atoms with van der Waals surface area (Å²) >= 11 is 0. The first kappa shape index (κ1) is 20.3. The summed E-state index contributed by atoms with van der Waals surface area (Å²) in [4.78, 5) is 30.9. The van der Waals surface area contributed by atoms with E-state index in [4.69, 9.17) is 15.5 Å². The molecule has 0 saturated heterocycles.